The molecule has 0 aromatic heterocycles. The fraction of sp³-hybridized carbons (Fsp3) is 0.951. The molecule has 0 rings (SSSR count). The smallest absolute Gasteiger partial charge is 0.462 e. The molecule has 0 aromatic carbocycles. The molecule has 0 spiro atoms. The van der Waals surface area contributed by atoms with E-state index in [0.29, 0.717) is 31.6 Å². The Labute approximate surface area is 619 Å². The number of hydrogen-bond acceptors (Lipinski definition) is 15. The van der Waals surface area contributed by atoms with Gasteiger partial charge in [0.2, 0.25) is 0 Å². The van der Waals surface area contributed by atoms with Crippen molar-refractivity contribution < 1.29 is 80.2 Å². The lowest BCUT2D eigenvalue weighted by Gasteiger charge is -2.21. The van der Waals surface area contributed by atoms with Crippen molar-refractivity contribution in [3.05, 3.63) is 0 Å². The minimum atomic E-state index is -4.96. The Balaban J connectivity index is 5.19. The molecule has 3 N–H and O–H groups in total. The first-order valence-corrected chi connectivity index (χ1v) is 45.2. The second kappa shape index (κ2) is 71.0. The summed E-state index contributed by atoms with van der Waals surface area (Å²) >= 11 is 0. The van der Waals surface area contributed by atoms with Crippen molar-refractivity contribution in [3.8, 4) is 0 Å². The minimum absolute atomic E-state index is 0.106. The van der Waals surface area contributed by atoms with Crippen LogP contribution >= 0.6 is 15.6 Å². The molecule has 0 saturated carbocycles. The van der Waals surface area contributed by atoms with Crippen molar-refractivity contribution >= 4 is 39.5 Å². The molecule has 0 amide bonds. The van der Waals surface area contributed by atoms with Gasteiger partial charge in [0.25, 0.3) is 0 Å². The van der Waals surface area contributed by atoms with Crippen LogP contribution in [-0.2, 0) is 65.4 Å². The molecule has 0 aliphatic rings. The summed E-state index contributed by atoms with van der Waals surface area (Å²) in [6.07, 6.45) is 58.5. The van der Waals surface area contributed by atoms with Crippen LogP contribution in [0.5, 0.6) is 0 Å². The van der Waals surface area contributed by atoms with Gasteiger partial charge in [-0.3, -0.25) is 37.3 Å². The summed E-state index contributed by atoms with van der Waals surface area (Å²) in [5.41, 5.74) is 0. The molecule has 19 heteroatoms. The van der Waals surface area contributed by atoms with E-state index in [4.69, 9.17) is 37.0 Å². The largest absolute Gasteiger partial charge is 0.472 e. The molecular weight excluding hydrogens is 1320 g/mol. The lowest BCUT2D eigenvalue weighted by atomic mass is 10.0. The molecule has 0 bridgehead atoms. The number of carbonyl (C=O) groups excluding carboxylic acids is 4. The first-order chi connectivity index (χ1) is 48.6. The van der Waals surface area contributed by atoms with Gasteiger partial charge in [0.1, 0.15) is 19.3 Å². The molecule has 3 unspecified atom stereocenters. The van der Waals surface area contributed by atoms with Crippen molar-refractivity contribution in [1.82, 2.24) is 0 Å². The number of hydrogen-bond donors (Lipinski definition) is 3. The summed E-state index contributed by atoms with van der Waals surface area (Å²) in [6.45, 7) is 14.2. The van der Waals surface area contributed by atoms with E-state index in [0.717, 1.165) is 114 Å². The van der Waals surface area contributed by atoms with E-state index in [1.165, 1.54) is 218 Å². The summed E-state index contributed by atoms with van der Waals surface area (Å²) in [5.74, 6) is 0.952. The average molecular weight is 1480 g/mol. The Morgan fingerprint density at radius 1 is 0.248 bits per heavy atom. The van der Waals surface area contributed by atoms with E-state index >= 15 is 0 Å². The van der Waals surface area contributed by atoms with E-state index in [1.54, 1.807) is 0 Å². The molecule has 5 atom stereocenters. The van der Waals surface area contributed by atoms with Crippen LogP contribution in [0.25, 0.3) is 0 Å². The summed E-state index contributed by atoms with van der Waals surface area (Å²) in [5, 5.41) is 10.6. The highest BCUT2D eigenvalue weighted by atomic mass is 31.2. The van der Waals surface area contributed by atoms with Crippen molar-refractivity contribution in [2.45, 2.75) is 440 Å². The fourth-order valence-electron chi connectivity index (χ4n) is 12.6. The number of phosphoric acid groups is 2. The van der Waals surface area contributed by atoms with Crippen molar-refractivity contribution in [3.63, 3.8) is 0 Å². The zero-order chi connectivity index (χ0) is 74.6. The van der Waals surface area contributed by atoms with Gasteiger partial charge >= 0.3 is 39.5 Å². The molecule has 17 nitrogen and oxygen atoms in total. The highest BCUT2D eigenvalue weighted by Crippen LogP contribution is 2.45. The topological polar surface area (TPSA) is 237 Å². The molecule has 0 radical (unpaired) electrons. The molecule has 0 aliphatic carbocycles. The highest BCUT2D eigenvalue weighted by Gasteiger charge is 2.30. The van der Waals surface area contributed by atoms with Crippen molar-refractivity contribution in [2.75, 3.05) is 39.6 Å². The molecule has 101 heavy (non-hydrogen) atoms. The minimum Gasteiger partial charge on any atom is -0.462 e. The Hall–Kier alpha value is -1.94. The lowest BCUT2D eigenvalue weighted by Crippen LogP contribution is -2.30. The van der Waals surface area contributed by atoms with Crippen LogP contribution in [-0.4, -0.2) is 96.7 Å². The Kier molecular flexibility index (Phi) is 69.6. The quantitative estimate of drug-likeness (QED) is 0.0222. The van der Waals surface area contributed by atoms with Gasteiger partial charge in [-0.2, -0.15) is 0 Å². The summed E-state index contributed by atoms with van der Waals surface area (Å²) in [4.78, 5) is 73.0. The normalized spacial score (nSPS) is 14.0. The first kappa shape index (κ1) is 99.1. The number of aliphatic hydroxyl groups excluding tert-OH is 1. The van der Waals surface area contributed by atoms with Crippen LogP contribution in [0, 0.1) is 23.7 Å². The Morgan fingerprint density at radius 2 is 0.416 bits per heavy atom. The third-order valence-electron chi connectivity index (χ3n) is 19.1. The number of phosphoric ester groups is 2. The van der Waals surface area contributed by atoms with Crippen LogP contribution in [0.3, 0.4) is 0 Å². The van der Waals surface area contributed by atoms with E-state index in [9.17, 15) is 43.2 Å². The van der Waals surface area contributed by atoms with Gasteiger partial charge in [-0.25, -0.2) is 9.13 Å². The SMILES string of the molecule is CC(C)CCCCCCCCCCCCCCCCCCC(=O)OC[C@H](COP(=O)(O)OCC(O)COP(=O)(O)OC[C@@H](COC(=O)CCCCCCCCC(C)C)OC(=O)CCCCCCCCCCCCCCCCCCC(C)C)OC(=O)CCCCCCCCCCCCCC(C)C. The van der Waals surface area contributed by atoms with Gasteiger partial charge < -0.3 is 33.8 Å². The van der Waals surface area contributed by atoms with Crippen LogP contribution in [0.2, 0.25) is 0 Å². The van der Waals surface area contributed by atoms with E-state index in [-0.39, 0.29) is 25.7 Å². The highest BCUT2D eigenvalue weighted by molar-refractivity contribution is 7.47. The fourth-order valence-corrected chi connectivity index (χ4v) is 14.2. The summed E-state index contributed by atoms with van der Waals surface area (Å²) in [7, 11) is -9.92. The average Bonchev–Trinajstić information content (AvgIpc) is 0.934. The van der Waals surface area contributed by atoms with Gasteiger partial charge in [0.05, 0.1) is 26.4 Å². The Bertz CT molecular complexity index is 1970. The standard InChI is InChI=1S/C82H160O17P2/c1-72(2)58-50-42-34-28-22-17-13-9-11-15-19-25-31-37-46-54-62-79(84)92-68-77(98-82(87)65-57-49-39-33-27-21-24-30-36-44-52-60-74(5)6)70-96-100(88,89)94-66-76(83)67-95-101(90,91)97-71-78(69-93-80(85)63-55-47-41-40-45-53-61-75(7)8)99-81(86)64-56-48-38-32-26-20-16-12-10-14-18-23-29-35-43-51-59-73(3)4/h72-78,83H,9-71H2,1-8H3,(H,88,89)(H,90,91)/t76?,77-,78-/m1/s1. The first-order valence-electron chi connectivity index (χ1n) is 42.2. The molecule has 600 valence electrons. The van der Waals surface area contributed by atoms with Crippen LogP contribution < -0.4 is 0 Å². The zero-order valence-electron chi connectivity index (χ0n) is 66.5. The maximum Gasteiger partial charge on any atom is 0.472 e. The van der Waals surface area contributed by atoms with Gasteiger partial charge in [-0.15, -0.1) is 0 Å². The number of esters is 4. The number of carbonyl (C=O) groups is 4. The van der Waals surface area contributed by atoms with Crippen molar-refractivity contribution in [2.24, 2.45) is 23.7 Å². The van der Waals surface area contributed by atoms with E-state index in [1.807, 2.05) is 0 Å². The van der Waals surface area contributed by atoms with E-state index < -0.39 is 97.5 Å². The molecule has 0 aromatic rings. The molecule has 0 saturated heterocycles. The van der Waals surface area contributed by atoms with Crippen LogP contribution in [0.15, 0.2) is 0 Å². The number of aliphatic hydroxyl groups is 1. The number of unbranched alkanes of at least 4 members (excludes halogenated alkanes) is 45. The molecule has 0 aliphatic heterocycles. The zero-order valence-corrected chi connectivity index (χ0v) is 68.3. The number of rotatable bonds is 79. The van der Waals surface area contributed by atoms with Gasteiger partial charge in [0, 0.05) is 25.7 Å². The second-order valence-electron chi connectivity index (χ2n) is 31.4. The lowest BCUT2D eigenvalue weighted by molar-refractivity contribution is -0.161. The van der Waals surface area contributed by atoms with Gasteiger partial charge in [-0.1, -0.05) is 370 Å². The van der Waals surface area contributed by atoms with Crippen LogP contribution in [0.4, 0.5) is 0 Å². The number of ether oxygens (including phenoxy) is 4. The summed E-state index contributed by atoms with van der Waals surface area (Å²) < 4.78 is 68.7. The third kappa shape index (κ3) is 76.1. The summed E-state index contributed by atoms with van der Waals surface area (Å²) in [6, 6.07) is 0. The predicted molar refractivity (Wildman–Crippen MR) is 414 cm³/mol. The molecule has 0 heterocycles. The van der Waals surface area contributed by atoms with Crippen LogP contribution in [0.1, 0.15) is 421 Å². The van der Waals surface area contributed by atoms with E-state index in [2.05, 4.69) is 55.4 Å². The maximum absolute atomic E-state index is 13.1. The third-order valence-corrected chi connectivity index (χ3v) is 21.0. The Morgan fingerprint density at radius 3 is 0.614 bits per heavy atom. The predicted octanol–water partition coefficient (Wildman–Crippen LogP) is 24.4. The molecule has 0 fully saturated rings. The molecular formula is C82H160O17P2. The second-order valence-corrected chi connectivity index (χ2v) is 34.3. The van der Waals surface area contributed by atoms with Gasteiger partial charge in [-0.05, 0) is 49.4 Å². The monoisotopic (exact) mass is 1480 g/mol. The maximum atomic E-state index is 13.1. The van der Waals surface area contributed by atoms with Gasteiger partial charge in [0.15, 0.2) is 12.2 Å². The van der Waals surface area contributed by atoms with Crippen molar-refractivity contribution in [1.29, 1.82) is 0 Å².